The predicted molar refractivity (Wildman–Crippen MR) is 60.8 cm³/mol. The molecule has 1 atom stereocenters. The van der Waals surface area contributed by atoms with E-state index in [4.69, 9.17) is 0 Å². The Morgan fingerprint density at radius 3 is 2.62 bits per heavy atom. The number of methoxy groups -OCH3 is 1. The zero-order valence-electron chi connectivity index (χ0n) is 9.59. The van der Waals surface area contributed by atoms with Crippen molar-refractivity contribution < 1.29 is 14.6 Å². The number of aliphatic hydroxyl groups is 1. The number of ether oxygens (including phenoxy) is 1. The molecule has 0 amide bonds. The Morgan fingerprint density at radius 2 is 2.06 bits per heavy atom. The van der Waals surface area contributed by atoms with Crippen molar-refractivity contribution in [3.63, 3.8) is 0 Å². The summed E-state index contributed by atoms with van der Waals surface area (Å²) in [4.78, 5) is 12.9. The van der Waals surface area contributed by atoms with E-state index in [1.54, 1.807) is 0 Å². The first-order valence-corrected chi connectivity index (χ1v) is 5.12. The molecule has 88 valence electrons. The number of hydrogen-bond donors (Lipinski definition) is 1. The molecule has 16 heavy (non-hydrogen) atoms. The Balaban J connectivity index is 2.42. The molecule has 0 bridgehead atoms. The van der Waals surface area contributed by atoms with Crippen LogP contribution in [0.15, 0.2) is 30.3 Å². The van der Waals surface area contributed by atoms with Gasteiger partial charge in [0.15, 0.2) is 6.10 Å². The molecule has 1 N–H and O–H groups in total. The lowest BCUT2D eigenvalue weighted by atomic mass is 10.2. The van der Waals surface area contributed by atoms with Crippen LogP contribution in [0, 0.1) is 0 Å². The van der Waals surface area contributed by atoms with Gasteiger partial charge in [-0.15, -0.1) is 0 Å². The molecule has 1 aromatic carbocycles. The summed E-state index contributed by atoms with van der Waals surface area (Å²) in [7, 11) is 3.11. The highest BCUT2D eigenvalue weighted by Gasteiger charge is 2.17. The minimum absolute atomic E-state index is 0.265. The van der Waals surface area contributed by atoms with E-state index < -0.39 is 12.1 Å². The quantitative estimate of drug-likeness (QED) is 0.745. The lowest BCUT2D eigenvalue weighted by Crippen LogP contribution is -2.35. The maximum Gasteiger partial charge on any atom is 0.336 e. The van der Waals surface area contributed by atoms with Gasteiger partial charge in [0, 0.05) is 13.1 Å². The van der Waals surface area contributed by atoms with Gasteiger partial charge in [-0.3, -0.25) is 4.90 Å². The zero-order valence-corrected chi connectivity index (χ0v) is 9.59. The monoisotopic (exact) mass is 223 g/mol. The molecule has 0 aliphatic heterocycles. The molecule has 4 heteroatoms. The standard InChI is InChI=1S/C12H17NO3/c1-13(9-11(14)12(15)16-2)8-10-6-4-3-5-7-10/h3-7,11,14H,8-9H2,1-2H3. The van der Waals surface area contributed by atoms with Gasteiger partial charge >= 0.3 is 5.97 Å². The normalized spacial score (nSPS) is 12.5. The third-order valence-corrected chi connectivity index (χ3v) is 2.25. The van der Waals surface area contributed by atoms with Gasteiger partial charge < -0.3 is 9.84 Å². The van der Waals surface area contributed by atoms with Gasteiger partial charge in [-0.05, 0) is 12.6 Å². The second-order valence-corrected chi connectivity index (χ2v) is 3.72. The molecule has 0 saturated carbocycles. The van der Waals surface area contributed by atoms with Gasteiger partial charge in [0.1, 0.15) is 0 Å². The van der Waals surface area contributed by atoms with Crippen molar-refractivity contribution in [3.8, 4) is 0 Å². The van der Waals surface area contributed by atoms with Crippen molar-refractivity contribution in [1.82, 2.24) is 4.90 Å². The van der Waals surface area contributed by atoms with Crippen molar-refractivity contribution in [2.75, 3.05) is 20.7 Å². The summed E-state index contributed by atoms with van der Waals surface area (Å²) in [5.41, 5.74) is 1.14. The van der Waals surface area contributed by atoms with Crippen LogP contribution in [0.2, 0.25) is 0 Å². The van der Waals surface area contributed by atoms with Crippen molar-refractivity contribution >= 4 is 5.97 Å². The summed E-state index contributed by atoms with van der Waals surface area (Å²) in [5, 5.41) is 9.45. The van der Waals surface area contributed by atoms with Crippen LogP contribution in [0.3, 0.4) is 0 Å². The van der Waals surface area contributed by atoms with Crippen LogP contribution in [0.25, 0.3) is 0 Å². The largest absolute Gasteiger partial charge is 0.467 e. The molecular formula is C12H17NO3. The Hall–Kier alpha value is -1.39. The van der Waals surface area contributed by atoms with Gasteiger partial charge in [0.05, 0.1) is 7.11 Å². The Kier molecular flexibility index (Phi) is 4.95. The van der Waals surface area contributed by atoms with E-state index >= 15 is 0 Å². The van der Waals surface area contributed by atoms with Crippen molar-refractivity contribution in [2.45, 2.75) is 12.6 Å². The van der Waals surface area contributed by atoms with E-state index in [0.29, 0.717) is 6.54 Å². The number of aliphatic hydroxyl groups excluding tert-OH is 1. The molecule has 0 aromatic heterocycles. The number of rotatable bonds is 5. The molecule has 0 aliphatic rings. The Bertz CT molecular complexity index is 326. The molecule has 0 radical (unpaired) electrons. The number of carbonyl (C=O) groups is 1. The van der Waals surface area contributed by atoms with Gasteiger partial charge in [-0.2, -0.15) is 0 Å². The van der Waals surface area contributed by atoms with Gasteiger partial charge in [-0.1, -0.05) is 30.3 Å². The van der Waals surface area contributed by atoms with E-state index in [1.807, 2.05) is 42.3 Å². The number of carbonyl (C=O) groups excluding carboxylic acids is 1. The van der Waals surface area contributed by atoms with Gasteiger partial charge in [0.2, 0.25) is 0 Å². The van der Waals surface area contributed by atoms with Crippen molar-refractivity contribution in [3.05, 3.63) is 35.9 Å². The van der Waals surface area contributed by atoms with Crippen LogP contribution < -0.4 is 0 Å². The van der Waals surface area contributed by atoms with Crippen molar-refractivity contribution in [1.29, 1.82) is 0 Å². The highest BCUT2D eigenvalue weighted by molar-refractivity contribution is 5.74. The molecular weight excluding hydrogens is 206 g/mol. The molecule has 0 aliphatic carbocycles. The molecule has 0 fully saturated rings. The average molecular weight is 223 g/mol. The SMILES string of the molecule is COC(=O)C(O)CN(C)Cc1ccccc1. The second-order valence-electron chi connectivity index (χ2n) is 3.72. The zero-order chi connectivity index (χ0) is 12.0. The number of esters is 1. The smallest absolute Gasteiger partial charge is 0.336 e. The van der Waals surface area contributed by atoms with Gasteiger partial charge in [-0.25, -0.2) is 4.79 Å². The first kappa shape index (κ1) is 12.7. The first-order chi connectivity index (χ1) is 7.63. The third kappa shape index (κ3) is 4.00. The average Bonchev–Trinajstić information content (AvgIpc) is 2.29. The maximum absolute atomic E-state index is 11.0. The number of likely N-dealkylation sites (N-methyl/N-ethyl adjacent to an activating group) is 1. The van der Waals surface area contributed by atoms with E-state index in [9.17, 15) is 9.90 Å². The Morgan fingerprint density at radius 1 is 1.44 bits per heavy atom. The third-order valence-electron chi connectivity index (χ3n) is 2.25. The van der Waals surface area contributed by atoms with Crippen LogP contribution in [-0.2, 0) is 16.1 Å². The first-order valence-electron chi connectivity index (χ1n) is 5.12. The lowest BCUT2D eigenvalue weighted by Gasteiger charge is -2.19. The summed E-state index contributed by atoms with van der Waals surface area (Å²) >= 11 is 0. The van der Waals surface area contributed by atoms with Crippen LogP contribution >= 0.6 is 0 Å². The summed E-state index contributed by atoms with van der Waals surface area (Å²) in [6.07, 6.45) is -1.08. The molecule has 4 nitrogen and oxygen atoms in total. The highest BCUT2D eigenvalue weighted by Crippen LogP contribution is 2.03. The second kappa shape index (κ2) is 6.25. The van der Waals surface area contributed by atoms with Gasteiger partial charge in [0.25, 0.3) is 0 Å². The summed E-state index contributed by atoms with van der Waals surface area (Å²) in [5.74, 6) is -0.597. The molecule has 1 aromatic rings. The predicted octanol–water partition coefficient (Wildman–Crippen LogP) is 0.652. The minimum Gasteiger partial charge on any atom is -0.467 e. The number of hydrogen-bond acceptors (Lipinski definition) is 4. The Labute approximate surface area is 95.5 Å². The van der Waals surface area contributed by atoms with E-state index in [0.717, 1.165) is 5.56 Å². The van der Waals surface area contributed by atoms with E-state index in [-0.39, 0.29) is 6.54 Å². The molecule has 1 unspecified atom stereocenters. The molecule has 0 heterocycles. The summed E-state index contributed by atoms with van der Waals surface area (Å²) in [6.45, 7) is 0.955. The topological polar surface area (TPSA) is 49.8 Å². The van der Waals surface area contributed by atoms with Crippen LogP contribution in [0.5, 0.6) is 0 Å². The van der Waals surface area contributed by atoms with Crippen molar-refractivity contribution in [2.24, 2.45) is 0 Å². The van der Waals surface area contributed by atoms with Crippen LogP contribution in [0.1, 0.15) is 5.56 Å². The fraction of sp³-hybridized carbons (Fsp3) is 0.417. The van der Waals surface area contributed by atoms with E-state index in [1.165, 1.54) is 7.11 Å². The minimum atomic E-state index is -1.08. The van der Waals surface area contributed by atoms with Crippen LogP contribution in [0.4, 0.5) is 0 Å². The summed E-state index contributed by atoms with van der Waals surface area (Å²) < 4.78 is 4.45. The number of nitrogens with zero attached hydrogens (tertiary/aromatic N) is 1. The fourth-order valence-corrected chi connectivity index (χ4v) is 1.47. The lowest BCUT2D eigenvalue weighted by molar-refractivity contribution is -0.151. The van der Waals surface area contributed by atoms with Crippen LogP contribution in [-0.4, -0.2) is 42.8 Å². The molecule has 0 saturated heterocycles. The molecule has 0 spiro atoms. The highest BCUT2D eigenvalue weighted by atomic mass is 16.5. The van der Waals surface area contributed by atoms with E-state index in [2.05, 4.69) is 4.74 Å². The summed E-state index contributed by atoms with van der Waals surface area (Å²) in [6, 6.07) is 9.87. The number of benzene rings is 1. The molecule has 1 rings (SSSR count). The maximum atomic E-state index is 11.0. The fourth-order valence-electron chi connectivity index (χ4n) is 1.47.